The SMILES string of the molecule is COC(=O)c1ccc(Cl)c(Nc2ccc(NS(C)(=O)=O)cn2)c1. The topological polar surface area (TPSA) is 97.4 Å². The summed E-state index contributed by atoms with van der Waals surface area (Å²) in [6.07, 6.45) is 2.42. The monoisotopic (exact) mass is 355 g/mol. The van der Waals surface area contributed by atoms with Crippen molar-refractivity contribution in [2.24, 2.45) is 0 Å². The Labute approximate surface area is 138 Å². The van der Waals surface area contributed by atoms with Gasteiger partial charge in [-0.2, -0.15) is 0 Å². The number of hydrogen-bond donors (Lipinski definition) is 2. The molecular formula is C14H14ClN3O4S. The summed E-state index contributed by atoms with van der Waals surface area (Å²) in [5.41, 5.74) is 1.16. The van der Waals surface area contributed by atoms with Gasteiger partial charge < -0.3 is 10.1 Å². The van der Waals surface area contributed by atoms with Crippen LogP contribution in [0.3, 0.4) is 0 Å². The van der Waals surface area contributed by atoms with Gasteiger partial charge in [0.1, 0.15) is 5.82 Å². The molecule has 0 saturated carbocycles. The van der Waals surface area contributed by atoms with E-state index in [-0.39, 0.29) is 0 Å². The molecule has 9 heteroatoms. The molecule has 2 aromatic rings. The average Bonchev–Trinajstić information content (AvgIpc) is 2.49. The summed E-state index contributed by atoms with van der Waals surface area (Å²) in [6, 6.07) is 7.78. The Balaban J connectivity index is 2.20. The van der Waals surface area contributed by atoms with E-state index in [4.69, 9.17) is 11.6 Å². The first-order valence-corrected chi connectivity index (χ1v) is 8.64. The van der Waals surface area contributed by atoms with Crippen LogP contribution in [0.5, 0.6) is 0 Å². The number of sulfonamides is 1. The van der Waals surface area contributed by atoms with Gasteiger partial charge in [-0.05, 0) is 30.3 Å². The van der Waals surface area contributed by atoms with Crippen molar-refractivity contribution in [1.82, 2.24) is 4.98 Å². The molecule has 0 bridgehead atoms. The molecule has 1 heterocycles. The quantitative estimate of drug-likeness (QED) is 0.800. The largest absolute Gasteiger partial charge is 0.465 e. The van der Waals surface area contributed by atoms with E-state index >= 15 is 0 Å². The Hall–Kier alpha value is -2.32. The standard InChI is InChI=1S/C14H14ClN3O4S/c1-22-14(19)9-3-5-11(15)12(7-9)17-13-6-4-10(8-16-13)18-23(2,20)21/h3-8,18H,1-2H3,(H,16,17). The lowest BCUT2D eigenvalue weighted by Crippen LogP contribution is -2.09. The smallest absolute Gasteiger partial charge is 0.337 e. The van der Waals surface area contributed by atoms with E-state index in [1.807, 2.05) is 0 Å². The van der Waals surface area contributed by atoms with Gasteiger partial charge in [0.2, 0.25) is 10.0 Å². The number of aromatic nitrogens is 1. The van der Waals surface area contributed by atoms with E-state index in [1.54, 1.807) is 30.3 Å². The minimum absolute atomic E-state index is 0.340. The average molecular weight is 356 g/mol. The summed E-state index contributed by atoms with van der Waals surface area (Å²) >= 11 is 6.08. The first kappa shape index (κ1) is 17.0. The fourth-order valence-electron chi connectivity index (χ4n) is 1.75. The molecule has 23 heavy (non-hydrogen) atoms. The minimum Gasteiger partial charge on any atom is -0.465 e. The molecule has 0 atom stereocenters. The predicted molar refractivity (Wildman–Crippen MR) is 88.8 cm³/mol. The highest BCUT2D eigenvalue weighted by atomic mass is 35.5. The molecule has 0 fully saturated rings. The maximum Gasteiger partial charge on any atom is 0.337 e. The van der Waals surface area contributed by atoms with Gasteiger partial charge in [0.15, 0.2) is 0 Å². The van der Waals surface area contributed by atoms with Gasteiger partial charge in [0.25, 0.3) is 0 Å². The zero-order valence-corrected chi connectivity index (χ0v) is 13.9. The van der Waals surface area contributed by atoms with E-state index in [0.29, 0.717) is 27.8 Å². The molecule has 0 aliphatic rings. The van der Waals surface area contributed by atoms with E-state index < -0.39 is 16.0 Å². The van der Waals surface area contributed by atoms with Crippen molar-refractivity contribution >= 4 is 44.8 Å². The second kappa shape index (κ2) is 6.84. The maximum absolute atomic E-state index is 11.5. The summed E-state index contributed by atoms with van der Waals surface area (Å²) < 4.78 is 29.2. The van der Waals surface area contributed by atoms with Gasteiger partial charge in [-0.25, -0.2) is 18.2 Å². The van der Waals surface area contributed by atoms with Crippen molar-refractivity contribution in [3.8, 4) is 0 Å². The number of pyridine rings is 1. The lowest BCUT2D eigenvalue weighted by molar-refractivity contribution is 0.0601. The molecule has 1 aromatic carbocycles. The van der Waals surface area contributed by atoms with Crippen molar-refractivity contribution in [3.63, 3.8) is 0 Å². The van der Waals surface area contributed by atoms with Crippen LogP contribution in [0.2, 0.25) is 5.02 Å². The first-order chi connectivity index (χ1) is 10.8. The highest BCUT2D eigenvalue weighted by molar-refractivity contribution is 7.92. The Kier molecular flexibility index (Phi) is 5.07. The van der Waals surface area contributed by atoms with Crippen molar-refractivity contribution in [2.75, 3.05) is 23.4 Å². The summed E-state index contributed by atoms with van der Waals surface area (Å²) in [4.78, 5) is 15.6. The van der Waals surface area contributed by atoms with Crippen LogP contribution in [-0.2, 0) is 14.8 Å². The number of hydrogen-bond acceptors (Lipinski definition) is 6. The number of carbonyl (C=O) groups is 1. The van der Waals surface area contributed by atoms with E-state index in [2.05, 4.69) is 19.8 Å². The lowest BCUT2D eigenvalue weighted by Gasteiger charge is -2.10. The molecule has 122 valence electrons. The normalized spacial score (nSPS) is 10.9. The van der Waals surface area contributed by atoms with Crippen LogP contribution in [0.4, 0.5) is 17.2 Å². The number of halogens is 1. The van der Waals surface area contributed by atoms with Crippen LogP contribution >= 0.6 is 11.6 Å². The molecule has 0 unspecified atom stereocenters. The molecule has 0 radical (unpaired) electrons. The molecule has 0 spiro atoms. The summed E-state index contributed by atoms with van der Waals surface area (Å²) in [6.45, 7) is 0. The Morgan fingerprint density at radius 3 is 2.57 bits per heavy atom. The van der Waals surface area contributed by atoms with Crippen LogP contribution in [-0.4, -0.2) is 32.7 Å². The number of anilines is 3. The predicted octanol–water partition coefficient (Wildman–Crippen LogP) is 2.64. The van der Waals surface area contributed by atoms with E-state index in [0.717, 1.165) is 6.26 Å². The minimum atomic E-state index is -3.36. The molecule has 0 aliphatic carbocycles. The molecule has 1 aromatic heterocycles. The van der Waals surface area contributed by atoms with Crippen molar-refractivity contribution in [1.29, 1.82) is 0 Å². The second-order valence-corrected chi connectivity index (χ2v) is 6.77. The third-order valence-electron chi connectivity index (χ3n) is 2.72. The third-order valence-corrected chi connectivity index (χ3v) is 3.65. The number of methoxy groups -OCH3 is 1. The van der Waals surface area contributed by atoms with Gasteiger partial charge >= 0.3 is 5.97 Å². The van der Waals surface area contributed by atoms with Crippen LogP contribution in [0.15, 0.2) is 36.5 Å². The number of benzene rings is 1. The molecule has 0 amide bonds. The highest BCUT2D eigenvalue weighted by Crippen LogP contribution is 2.26. The lowest BCUT2D eigenvalue weighted by atomic mass is 10.2. The zero-order valence-electron chi connectivity index (χ0n) is 12.3. The van der Waals surface area contributed by atoms with Crippen LogP contribution in [0.25, 0.3) is 0 Å². The van der Waals surface area contributed by atoms with Crippen molar-refractivity contribution in [2.45, 2.75) is 0 Å². The van der Waals surface area contributed by atoms with Gasteiger partial charge in [-0.15, -0.1) is 0 Å². The van der Waals surface area contributed by atoms with Gasteiger partial charge in [0.05, 0.1) is 41.5 Å². The van der Waals surface area contributed by atoms with E-state index in [1.165, 1.54) is 13.3 Å². The molecular weight excluding hydrogens is 342 g/mol. The third kappa shape index (κ3) is 4.83. The summed E-state index contributed by atoms with van der Waals surface area (Å²) in [7, 11) is -2.07. The fraction of sp³-hybridized carbons (Fsp3) is 0.143. The Bertz CT molecular complexity index is 822. The van der Waals surface area contributed by atoms with Crippen LogP contribution in [0, 0.1) is 0 Å². The zero-order chi connectivity index (χ0) is 17.0. The maximum atomic E-state index is 11.5. The van der Waals surface area contributed by atoms with Crippen molar-refractivity contribution < 1.29 is 17.9 Å². The highest BCUT2D eigenvalue weighted by Gasteiger charge is 2.10. The van der Waals surface area contributed by atoms with Crippen LogP contribution < -0.4 is 10.0 Å². The van der Waals surface area contributed by atoms with Gasteiger partial charge in [0, 0.05) is 0 Å². The number of carbonyl (C=O) groups excluding carboxylic acids is 1. The number of ether oxygens (including phenoxy) is 1. The number of nitrogens with one attached hydrogen (secondary N) is 2. The first-order valence-electron chi connectivity index (χ1n) is 6.37. The Morgan fingerprint density at radius 1 is 1.26 bits per heavy atom. The van der Waals surface area contributed by atoms with Gasteiger partial charge in [-0.1, -0.05) is 11.6 Å². The van der Waals surface area contributed by atoms with Gasteiger partial charge in [-0.3, -0.25) is 4.72 Å². The number of rotatable bonds is 5. The van der Waals surface area contributed by atoms with Crippen molar-refractivity contribution in [3.05, 3.63) is 47.1 Å². The summed E-state index contributed by atoms with van der Waals surface area (Å²) in [5, 5.41) is 3.35. The van der Waals surface area contributed by atoms with E-state index in [9.17, 15) is 13.2 Å². The second-order valence-electron chi connectivity index (χ2n) is 4.62. The fourth-order valence-corrected chi connectivity index (χ4v) is 2.46. The number of nitrogens with zero attached hydrogens (tertiary/aromatic N) is 1. The molecule has 2 N–H and O–H groups in total. The summed E-state index contributed by atoms with van der Waals surface area (Å²) in [5.74, 6) is -0.0432. The Morgan fingerprint density at radius 2 is 2.00 bits per heavy atom. The molecule has 0 saturated heterocycles. The molecule has 0 aliphatic heterocycles. The molecule has 2 rings (SSSR count). The van der Waals surface area contributed by atoms with Crippen LogP contribution in [0.1, 0.15) is 10.4 Å². The number of esters is 1. The molecule has 7 nitrogen and oxygen atoms in total.